The van der Waals surface area contributed by atoms with Crippen molar-refractivity contribution >= 4 is 86.0 Å². The van der Waals surface area contributed by atoms with E-state index in [9.17, 15) is 14.4 Å². The number of nitrogens with zero attached hydrogens (tertiary/aromatic N) is 6. The molecule has 0 aromatic heterocycles. The fourth-order valence-electron chi connectivity index (χ4n) is 12.2. The number of amidine groups is 3. The fraction of sp³-hybridized carbons (Fsp3) is 0.0769. The number of carbonyl (C=O) groups is 3. The maximum atomic E-state index is 14.1. The van der Waals surface area contributed by atoms with Crippen molar-refractivity contribution in [3.05, 3.63) is 268 Å². The molecule has 9 heteroatoms. The molecule has 9 aromatic carbocycles. The quantitative estimate of drug-likeness (QED) is 0.158. The lowest BCUT2D eigenvalue weighted by atomic mass is 9.85. The number of hydrogen-bond acceptors (Lipinski definition) is 9. The molecule has 0 N–H and O–H groups in total. The van der Waals surface area contributed by atoms with Crippen LogP contribution in [0.2, 0.25) is 0 Å². The minimum absolute atomic E-state index is 0.0610. The first kappa shape index (κ1) is 42.1. The monoisotopic (exact) mass is 954 g/mol. The molecule has 350 valence electrons. The van der Waals surface area contributed by atoms with Gasteiger partial charge in [-0.1, -0.05) is 127 Å². The van der Waals surface area contributed by atoms with Gasteiger partial charge >= 0.3 is 0 Å². The number of aliphatic imine (C=N–C) groups is 3. The van der Waals surface area contributed by atoms with Gasteiger partial charge in [0, 0.05) is 39.7 Å². The van der Waals surface area contributed by atoms with Crippen LogP contribution in [0.25, 0.3) is 0 Å². The van der Waals surface area contributed by atoms with Crippen LogP contribution in [0.5, 0.6) is 0 Å². The van der Waals surface area contributed by atoms with Gasteiger partial charge in [0.15, 0.2) is 17.3 Å². The Labute approximate surface area is 426 Å². The number of ketones is 3. The predicted octanol–water partition coefficient (Wildman–Crippen LogP) is 14.5. The van der Waals surface area contributed by atoms with E-state index in [1.165, 1.54) is 0 Å². The van der Waals surface area contributed by atoms with Crippen molar-refractivity contribution in [3.63, 3.8) is 0 Å². The second-order valence-corrected chi connectivity index (χ2v) is 19.6. The SMILES string of the molecule is O=C1c2ccccc2N=C2C1c1ccccc1N2c1ccc(CC(c2ccc(N3C4=Nc5ccccc5C(=O)C4c4ccccc43)cc2)c2ccc(N3C4=Nc5ccccc5C(=O)C4c4ccccc43)cc2)cc1. The van der Waals surface area contributed by atoms with Crippen molar-refractivity contribution in [1.29, 1.82) is 0 Å². The zero-order chi connectivity index (χ0) is 49.2. The van der Waals surface area contributed by atoms with Gasteiger partial charge < -0.3 is 0 Å². The summed E-state index contributed by atoms with van der Waals surface area (Å²) in [6.07, 6.45) is 0.685. The molecule has 6 aliphatic heterocycles. The third kappa shape index (κ3) is 6.22. The lowest BCUT2D eigenvalue weighted by molar-refractivity contribution is 0.0974. The zero-order valence-corrected chi connectivity index (χ0v) is 39.7. The maximum absolute atomic E-state index is 14.1. The van der Waals surface area contributed by atoms with Gasteiger partial charge in [0.1, 0.15) is 35.3 Å². The van der Waals surface area contributed by atoms with E-state index >= 15 is 0 Å². The lowest BCUT2D eigenvalue weighted by Crippen LogP contribution is -2.30. The first-order valence-electron chi connectivity index (χ1n) is 25.1. The van der Waals surface area contributed by atoms with Crippen LogP contribution in [0.3, 0.4) is 0 Å². The molecular weight excluding hydrogens is 913 g/mol. The van der Waals surface area contributed by atoms with E-state index in [0.29, 0.717) is 51.8 Å². The van der Waals surface area contributed by atoms with Crippen molar-refractivity contribution in [2.75, 3.05) is 14.7 Å². The van der Waals surface area contributed by atoms with E-state index in [1.807, 2.05) is 127 Å². The highest BCUT2D eigenvalue weighted by Crippen LogP contribution is 2.51. The molecule has 15 rings (SSSR count). The molecule has 74 heavy (non-hydrogen) atoms. The second-order valence-electron chi connectivity index (χ2n) is 19.6. The summed E-state index contributed by atoms with van der Waals surface area (Å²) in [6, 6.07) is 73.3. The molecule has 6 aliphatic rings. The number of fused-ring (bicyclic) bond motifs is 12. The van der Waals surface area contributed by atoms with Gasteiger partial charge in [0.2, 0.25) is 0 Å². The number of Topliss-reactive ketones (excluding diaryl/α,β-unsaturated/α-hetero) is 3. The highest BCUT2D eigenvalue weighted by Gasteiger charge is 2.46. The predicted molar refractivity (Wildman–Crippen MR) is 292 cm³/mol. The normalized spacial score (nSPS) is 18.6. The molecule has 0 saturated heterocycles. The van der Waals surface area contributed by atoms with Crippen LogP contribution in [-0.2, 0) is 6.42 Å². The summed E-state index contributed by atoms with van der Waals surface area (Å²) in [5.41, 5.74) is 15.9. The summed E-state index contributed by atoms with van der Waals surface area (Å²) in [4.78, 5) is 64.1. The maximum Gasteiger partial charge on any atom is 0.180 e. The Hall–Kier alpha value is -9.60. The third-order valence-electron chi connectivity index (χ3n) is 15.7. The van der Waals surface area contributed by atoms with Crippen LogP contribution in [0.1, 0.15) is 88.1 Å². The number of para-hydroxylation sites is 6. The summed E-state index contributed by atoms with van der Waals surface area (Å²) in [7, 11) is 0. The molecule has 6 heterocycles. The van der Waals surface area contributed by atoms with Crippen molar-refractivity contribution < 1.29 is 14.4 Å². The first-order chi connectivity index (χ1) is 36.5. The standard InChI is InChI=1S/C65H42N6O3/c72-60-44-13-1-7-19-51(44)66-63-57(60)47-16-4-10-22-54(47)69(63)41-31-25-38(26-32-41)37-50(39-27-33-42(34-28-39)70-55-23-11-5-17-48(55)58-61(73)45-14-2-8-20-52(45)67-64(58)70)40-29-35-43(36-30-40)71-56-24-12-6-18-49(56)59-62(74)46-15-3-9-21-53(46)68-65(59)71/h1-36,50,57-59H,37H2. The van der Waals surface area contributed by atoms with E-state index < -0.39 is 17.8 Å². The topological polar surface area (TPSA) is 98.0 Å². The molecule has 9 nitrogen and oxygen atoms in total. The fourth-order valence-corrected chi connectivity index (χ4v) is 12.2. The molecule has 9 aromatic rings. The van der Waals surface area contributed by atoms with Gasteiger partial charge in [0.25, 0.3) is 0 Å². The molecule has 0 fully saturated rings. The Kier molecular flexibility index (Phi) is 9.23. The molecule has 0 bridgehead atoms. The van der Waals surface area contributed by atoms with Crippen molar-refractivity contribution in [3.8, 4) is 0 Å². The molecule has 3 unspecified atom stereocenters. The molecule has 0 amide bonds. The van der Waals surface area contributed by atoms with Crippen molar-refractivity contribution in [1.82, 2.24) is 0 Å². The number of anilines is 6. The molecule has 3 atom stereocenters. The number of hydrogen-bond donors (Lipinski definition) is 0. The van der Waals surface area contributed by atoms with Gasteiger partial charge in [-0.25, -0.2) is 15.0 Å². The number of carbonyl (C=O) groups excluding carboxylic acids is 3. The largest absolute Gasteiger partial charge is 0.297 e. The summed E-state index contributed by atoms with van der Waals surface area (Å²) in [6.45, 7) is 0. The van der Waals surface area contributed by atoms with Crippen LogP contribution < -0.4 is 14.7 Å². The van der Waals surface area contributed by atoms with Crippen LogP contribution in [0.15, 0.2) is 233 Å². The summed E-state index contributed by atoms with van der Waals surface area (Å²) < 4.78 is 0. The van der Waals surface area contributed by atoms with Crippen molar-refractivity contribution in [2.45, 2.75) is 30.1 Å². The summed E-state index contributed by atoms with van der Waals surface area (Å²) >= 11 is 0. The van der Waals surface area contributed by atoms with Crippen LogP contribution in [0.4, 0.5) is 51.2 Å². The van der Waals surface area contributed by atoms with E-state index in [-0.39, 0.29) is 23.3 Å². The Bertz CT molecular complexity index is 3820. The Balaban J connectivity index is 0.807. The first-order valence-corrected chi connectivity index (χ1v) is 25.1. The minimum Gasteiger partial charge on any atom is -0.297 e. The number of rotatable bonds is 7. The van der Waals surface area contributed by atoms with Crippen molar-refractivity contribution in [2.24, 2.45) is 15.0 Å². The average Bonchev–Trinajstić information content (AvgIpc) is 4.13. The molecule has 0 radical (unpaired) electrons. The second kappa shape index (κ2) is 16.2. The van der Waals surface area contributed by atoms with Crippen LogP contribution in [0, 0.1) is 0 Å². The van der Waals surface area contributed by atoms with E-state index in [4.69, 9.17) is 15.0 Å². The van der Waals surface area contributed by atoms with E-state index in [0.717, 1.165) is 73.3 Å². The van der Waals surface area contributed by atoms with Gasteiger partial charge in [-0.15, -0.1) is 0 Å². The Morgan fingerprint density at radius 2 is 0.635 bits per heavy atom. The van der Waals surface area contributed by atoms with Gasteiger partial charge in [-0.05, 0) is 131 Å². The summed E-state index contributed by atoms with van der Waals surface area (Å²) in [5.74, 6) is 0.826. The highest BCUT2D eigenvalue weighted by atomic mass is 16.1. The van der Waals surface area contributed by atoms with Gasteiger partial charge in [-0.2, -0.15) is 0 Å². The van der Waals surface area contributed by atoms with Crippen LogP contribution in [-0.4, -0.2) is 34.9 Å². The highest BCUT2D eigenvalue weighted by molar-refractivity contribution is 6.32. The molecule has 0 saturated carbocycles. The van der Waals surface area contributed by atoms with Gasteiger partial charge in [0.05, 0.1) is 34.1 Å². The third-order valence-corrected chi connectivity index (χ3v) is 15.7. The van der Waals surface area contributed by atoms with E-state index in [2.05, 4.69) is 106 Å². The zero-order valence-electron chi connectivity index (χ0n) is 39.7. The average molecular weight is 955 g/mol. The van der Waals surface area contributed by atoms with E-state index in [1.54, 1.807) is 0 Å². The number of benzene rings is 9. The smallest absolute Gasteiger partial charge is 0.180 e. The lowest BCUT2D eigenvalue weighted by Gasteiger charge is -2.27. The Morgan fingerprint density at radius 1 is 0.338 bits per heavy atom. The van der Waals surface area contributed by atoms with Gasteiger partial charge in [-0.3, -0.25) is 29.1 Å². The molecular formula is C65H42N6O3. The summed E-state index contributed by atoms with van der Waals surface area (Å²) in [5, 5.41) is 0. The minimum atomic E-state index is -0.485. The molecule has 0 spiro atoms. The molecule has 0 aliphatic carbocycles. The van der Waals surface area contributed by atoms with Crippen LogP contribution >= 0.6 is 0 Å². The Morgan fingerprint density at radius 3 is 0.986 bits per heavy atom.